The predicted octanol–water partition coefficient (Wildman–Crippen LogP) is 4.85. The number of rotatable bonds is 8. The van der Waals surface area contributed by atoms with Crippen LogP contribution in [0.1, 0.15) is 55.4 Å². The standard InChI is InChI=1S/C29H40N2O3/c1-22(2)18-31(19-23-13-14-24-9-5-4-6-10-25(24)17-23)29(32)28-21-30(15-16-34-28)20-26-11-7-8-12-27(26)33-3/h7-8,11-14,17,22,28H,4-6,9-10,15-16,18-21H2,1-3H3. The third-order valence-electron chi connectivity index (χ3n) is 6.95. The van der Waals surface area contributed by atoms with Crippen LogP contribution in [0.5, 0.6) is 5.75 Å². The minimum atomic E-state index is -0.428. The maximum Gasteiger partial charge on any atom is 0.253 e. The summed E-state index contributed by atoms with van der Waals surface area (Å²) in [5, 5.41) is 0. The van der Waals surface area contributed by atoms with Crippen molar-refractivity contribution in [2.75, 3.05) is 33.4 Å². The van der Waals surface area contributed by atoms with Crippen LogP contribution in [0.25, 0.3) is 0 Å². The van der Waals surface area contributed by atoms with Crippen LogP contribution in [0.4, 0.5) is 0 Å². The molecule has 5 heteroatoms. The molecule has 1 amide bonds. The Morgan fingerprint density at radius 3 is 2.71 bits per heavy atom. The number of carbonyl (C=O) groups is 1. The van der Waals surface area contributed by atoms with Crippen molar-refractivity contribution >= 4 is 5.91 Å². The number of morpholine rings is 1. The number of carbonyl (C=O) groups excluding carboxylic acids is 1. The molecule has 5 nitrogen and oxygen atoms in total. The summed E-state index contributed by atoms with van der Waals surface area (Å²) in [7, 11) is 1.71. The highest BCUT2D eigenvalue weighted by atomic mass is 16.5. The number of ether oxygens (including phenoxy) is 2. The van der Waals surface area contributed by atoms with Crippen LogP contribution in [0.2, 0.25) is 0 Å². The van der Waals surface area contributed by atoms with Crippen molar-refractivity contribution in [3.8, 4) is 5.75 Å². The maximum atomic E-state index is 13.7. The van der Waals surface area contributed by atoms with E-state index in [4.69, 9.17) is 9.47 Å². The second kappa shape index (κ2) is 11.9. The van der Waals surface area contributed by atoms with Crippen molar-refractivity contribution < 1.29 is 14.3 Å². The fourth-order valence-electron chi connectivity index (χ4n) is 5.23. The average Bonchev–Trinajstić information content (AvgIpc) is 3.08. The summed E-state index contributed by atoms with van der Waals surface area (Å²) in [4.78, 5) is 18.0. The molecule has 1 saturated heterocycles. The number of amides is 1. The maximum absolute atomic E-state index is 13.7. The van der Waals surface area contributed by atoms with Gasteiger partial charge in [-0.1, -0.05) is 56.7 Å². The van der Waals surface area contributed by atoms with E-state index in [0.717, 1.165) is 37.4 Å². The van der Waals surface area contributed by atoms with Crippen LogP contribution in [-0.4, -0.2) is 55.2 Å². The first-order chi connectivity index (χ1) is 16.5. The van der Waals surface area contributed by atoms with Gasteiger partial charge in [-0.2, -0.15) is 0 Å². The highest BCUT2D eigenvalue weighted by Gasteiger charge is 2.31. The van der Waals surface area contributed by atoms with E-state index in [1.807, 2.05) is 23.1 Å². The van der Waals surface area contributed by atoms with Crippen molar-refractivity contribution in [3.05, 3.63) is 64.7 Å². The molecule has 0 N–H and O–H groups in total. The molecule has 2 aliphatic rings. The second-order valence-corrected chi connectivity index (χ2v) is 10.2. The van der Waals surface area contributed by atoms with Gasteiger partial charge in [-0.25, -0.2) is 0 Å². The van der Waals surface area contributed by atoms with Gasteiger partial charge in [-0.3, -0.25) is 9.69 Å². The van der Waals surface area contributed by atoms with Gasteiger partial charge in [-0.05, 0) is 54.4 Å². The summed E-state index contributed by atoms with van der Waals surface area (Å²) in [5.41, 5.74) is 5.34. The van der Waals surface area contributed by atoms with E-state index in [9.17, 15) is 4.79 Å². The molecule has 0 radical (unpaired) electrons. The van der Waals surface area contributed by atoms with Crippen LogP contribution < -0.4 is 4.74 Å². The first kappa shape index (κ1) is 24.7. The largest absolute Gasteiger partial charge is 0.496 e. The molecular formula is C29H40N2O3. The molecule has 4 rings (SSSR count). The third-order valence-corrected chi connectivity index (χ3v) is 6.95. The Morgan fingerprint density at radius 2 is 1.91 bits per heavy atom. The van der Waals surface area contributed by atoms with Gasteiger partial charge in [0.05, 0.1) is 13.7 Å². The van der Waals surface area contributed by atoms with Crippen LogP contribution in [-0.2, 0) is 35.5 Å². The Hall–Kier alpha value is -2.37. The summed E-state index contributed by atoms with van der Waals surface area (Å²) in [5.74, 6) is 1.40. The van der Waals surface area contributed by atoms with Gasteiger partial charge >= 0.3 is 0 Å². The zero-order valence-corrected chi connectivity index (χ0v) is 21.1. The van der Waals surface area contributed by atoms with Crippen molar-refractivity contribution in [2.24, 2.45) is 5.92 Å². The summed E-state index contributed by atoms with van der Waals surface area (Å²) < 4.78 is 11.5. The first-order valence-electron chi connectivity index (χ1n) is 12.9. The molecule has 1 atom stereocenters. The average molecular weight is 465 g/mol. The minimum absolute atomic E-state index is 0.105. The van der Waals surface area contributed by atoms with E-state index >= 15 is 0 Å². The first-order valence-corrected chi connectivity index (χ1v) is 12.9. The Kier molecular flexibility index (Phi) is 8.63. The van der Waals surface area contributed by atoms with Gasteiger partial charge in [0.1, 0.15) is 11.9 Å². The number of benzene rings is 2. The lowest BCUT2D eigenvalue weighted by atomic mass is 9.99. The van der Waals surface area contributed by atoms with E-state index in [1.165, 1.54) is 42.4 Å². The quantitative estimate of drug-likeness (QED) is 0.524. The Balaban J connectivity index is 1.45. The fourth-order valence-corrected chi connectivity index (χ4v) is 5.23. The number of fused-ring (bicyclic) bond motifs is 1. The van der Waals surface area contributed by atoms with Crippen LogP contribution in [0.15, 0.2) is 42.5 Å². The number of aryl methyl sites for hydroxylation is 2. The second-order valence-electron chi connectivity index (χ2n) is 10.2. The zero-order chi connectivity index (χ0) is 23.9. The topological polar surface area (TPSA) is 42.0 Å². The molecule has 0 aromatic heterocycles. The number of hydrogen-bond acceptors (Lipinski definition) is 4. The summed E-state index contributed by atoms with van der Waals surface area (Å²) in [6.07, 6.45) is 5.78. The highest BCUT2D eigenvalue weighted by molar-refractivity contribution is 5.81. The van der Waals surface area contributed by atoms with Gasteiger partial charge in [0, 0.05) is 38.3 Å². The summed E-state index contributed by atoms with van der Waals surface area (Å²) in [6, 6.07) is 15.0. The normalized spacial score (nSPS) is 18.9. The summed E-state index contributed by atoms with van der Waals surface area (Å²) in [6.45, 7) is 8.48. The van der Waals surface area contributed by atoms with Crippen molar-refractivity contribution in [3.63, 3.8) is 0 Å². The molecule has 1 aliphatic heterocycles. The number of para-hydroxylation sites is 1. The Labute approximate surface area is 205 Å². The molecule has 0 spiro atoms. The SMILES string of the molecule is COc1ccccc1CN1CCOC(C(=O)N(Cc2ccc3c(c2)CCCCC3)CC(C)C)C1. The van der Waals surface area contributed by atoms with Crippen molar-refractivity contribution in [1.29, 1.82) is 0 Å². The van der Waals surface area contributed by atoms with Gasteiger partial charge in [-0.15, -0.1) is 0 Å². The minimum Gasteiger partial charge on any atom is -0.496 e. The fraction of sp³-hybridized carbons (Fsp3) is 0.552. The van der Waals surface area contributed by atoms with E-state index < -0.39 is 6.10 Å². The molecule has 34 heavy (non-hydrogen) atoms. The molecule has 1 fully saturated rings. The molecule has 1 aliphatic carbocycles. The number of nitrogens with zero attached hydrogens (tertiary/aromatic N) is 2. The molecule has 1 unspecified atom stereocenters. The molecule has 1 heterocycles. The zero-order valence-electron chi connectivity index (χ0n) is 21.1. The van der Waals surface area contributed by atoms with Crippen LogP contribution in [0, 0.1) is 5.92 Å². The van der Waals surface area contributed by atoms with E-state index in [-0.39, 0.29) is 5.91 Å². The lowest BCUT2D eigenvalue weighted by molar-refractivity contribution is -0.151. The molecular weight excluding hydrogens is 424 g/mol. The molecule has 2 aromatic carbocycles. The number of methoxy groups -OCH3 is 1. The summed E-state index contributed by atoms with van der Waals surface area (Å²) >= 11 is 0. The molecule has 184 valence electrons. The van der Waals surface area contributed by atoms with Gasteiger partial charge < -0.3 is 14.4 Å². The van der Waals surface area contributed by atoms with Gasteiger partial charge in [0.15, 0.2) is 0 Å². The highest BCUT2D eigenvalue weighted by Crippen LogP contribution is 2.24. The lowest BCUT2D eigenvalue weighted by Crippen LogP contribution is -2.51. The Bertz CT molecular complexity index is 958. The molecule has 0 saturated carbocycles. The predicted molar refractivity (Wildman–Crippen MR) is 136 cm³/mol. The third kappa shape index (κ3) is 6.39. The molecule has 0 bridgehead atoms. The van der Waals surface area contributed by atoms with Crippen molar-refractivity contribution in [1.82, 2.24) is 9.80 Å². The van der Waals surface area contributed by atoms with Crippen LogP contribution in [0.3, 0.4) is 0 Å². The number of hydrogen-bond donors (Lipinski definition) is 0. The van der Waals surface area contributed by atoms with Gasteiger partial charge in [0.2, 0.25) is 0 Å². The lowest BCUT2D eigenvalue weighted by Gasteiger charge is -2.36. The van der Waals surface area contributed by atoms with E-state index in [1.54, 1.807) is 7.11 Å². The van der Waals surface area contributed by atoms with Crippen molar-refractivity contribution in [2.45, 2.75) is 65.1 Å². The van der Waals surface area contributed by atoms with E-state index in [2.05, 4.69) is 43.0 Å². The smallest absolute Gasteiger partial charge is 0.253 e. The van der Waals surface area contributed by atoms with Gasteiger partial charge in [0.25, 0.3) is 5.91 Å². The Morgan fingerprint density at radius 1 is 1.12 bits per heavy atom. The molecule has 2 aromatic rings. The van der Waals surface area contributed by atoms with Crippen LogP contribution >= 0.6 is 0 Å². The monoisotopic (exact) mass is 464 g/mol. The van der Waals surface area contributed by atoms with E-state index in [0.29, 0.717) is 25.6 Å².